The predicted octanol–water partition coefficient (Wildman–Crippen LogP) is 3.34. The Labute approximate surface area is 151 Å². The van der Waals surface area contributed by atoms with Crippen molar-refractivity contribution in [2.75, 3.05) is 22.1 Å². The molecule has 0 aliphatic carbocycles. The van der Waals surface area contributed by atoms with E-state index in [1.54, 1.807) is 18.2 Å². The number of anilines is 2. The first-order chi connectivity index (χ1) is 11.7. The van der Waals surface area contributed by atoms with Crippen molar-refractivity contribution in [3.05, 3.63) is 54.3 Å². The lowest BCUT2D eigenvalue weighted by atomic mass is 10.2. The Morgan fingerprint density at radius 3 is 2.40 bits per heavy atom. The summed E-state index contributed by atoms with van der Waals surface area (Å²) >= 11 is 1.53. The van der Waals surface area contributed by atoms with E-state index in [0.29, 0.717) is 5.69 Å². The Morgan fingerprint density at radius 1 is 1.20 bits per heavy atom. The number of thioether (sulfide) groups is 1. The van der Waals surface area contributed by atoms with Crippen LogP contribution in [0.4, 0.5) is 15.8 Å². The van der Waals surface area contributed by atoms with E-state index in [-0.39, 0.29) is 5.69 Å². The van der Waals surface area contributed by atoms with E-state index in [1.807, 2.05) is 12.3 Å². The van der Waals surface area contributed by atoms with Crippen LogP contribution in [0.3, 0.4) is 0 Å². The fourth-order valence-corrected chi connectivity index (χ4v) is 3.98. The highest BCUT2D eigenvalue weighted by Crippen LogP contribution is 2.23. The van der Waals surface area contributed by atoms with Crippen molar-refractivity contribution < 1.29 is 17.6 Å². The van der Waals surface area contributed by atoms with E-state index in [9.17, 15) is 17.6 Å². The quantitative estimate of drug-likeness (QED) is 0.778. The van der Waals surface area contributed by atoms with Crippen LogP contribution in [-0.2, 0) is 14.8 Å². The van der Waals surface area contributed by atoms with Gasteiger partial charge in [-0.05, 0) is 55.6 Å². The molecule has 134 valence electrons. The van der Waals surface area contributed by atoms with Crippen LogP contribution in [0.2, 0.25) is 0 Å². The van der Waals surface area contributed by atoms with Gasteiger partial charge in [0.15, 0.2) is 0 Å². The summed E-state index contributed by atoms with van der Waals surface area (Å²) in [6.07, 6.45) is 2.93. The normalized spacial score (nSPS) is 12.5. The van der Waals surface area contributed by atoms with Gasteiger partial charge in [0.05, 0.1) is 11.9 Å². The highest BCUT2D eigenvalue weighted by Gasteiger charge is 2.29. The van der Waals surface area contributed by atoms with Crippen molar-refractivity contribution in [3.8, 4) is 0 Å². The SMILES string of the molecule is CSc1cccc(NC(=O)[C@H](C)N(c2ccc(F)cc2)S(C)(=O)=O)c1. The number of hydrogen-bond donors (Lipinski definition) is 1. The van der Waals surface area contributed by atoms with E-state index in [0.717, 1.165) is 27.6 Å². The maximum absolute atomic E-state index is 13.1. The van der Waals surface area contributed by atoms with Crippen LogP contribution in [0.25, 0.3) is 0 Å². The maximum Gasteiger partial charge on any atom is 0.247 e. The van der Waals surface area contributed by atoms with Crippen LogP contribution in [0.15, 0.2) is 53.4 Å². The maximum atomic E-state index is 13.1. The van der Waals surface area contributed by atoms with Gasteiger partial charge in [0, 0.05) is 10.6 Å². The zero-order chi connectivity index (χ0) is 18.6. The number of rotatable bonds is 6. The van der Waals surface area contributed by atoms with Crippen LogP contribution >= 0.6 is 11.8 Å². The number of nitrogens with zero attached hydrogens (tertiary/aromatic N) is 1. The smallest absolute Gasteiger partial charge is 0.247 e. The van der Waals surface area contributed by atoms with E-state index >= 15 is 0 Å². The summed E-state index contributed by atoms with van der Waals surface area (Å²) < 4.78 is 38.4. The van der Waals surface area contributed by atoms with Gasteiger partial charge in [-0.2, -0.15) is 0 Å². The molecule has 2 rings (SSSR count). The van der Waals surface area contributed by atoms with Crippen molar-refractivity contribution in [2.24, 2.45) is 0 Å². The van der Waals surface area contributed by atoms with Gasteiger partial charge in [-0.25, -0.2) is 12.8 Å². The number of sulfonamides is 1. The molecule has 1 amide bonds. The standard InChI is InChI=1S/C17H19FN2O3S2/c1-12(17(21)19-14-5-4-6-16(11-14)24-2)20(25(3,22)23)15-9-7-13(18)8-10-15/h4-12H,1-3H3,(H,19,21)/t12-/m0/s1. The Kier molecular flexibility index (Phi) is 6.07. The molecule has 0 saturated carbocycles. The molecule has 8 heteroatoms. The van der Waals surface area contributed by atoms with Gasteiger partial charge in [0.1, 0.15) is 11.9 Å². The zero-order valence-electron chi connectivity index (χ0n) is 14.1. The van der Waals surface area contributed by atoms with Crippen LogP contribution in [0.1, 0.15) is 6.92 Å². The third-order valence-corrected chi connectivity index (χ3v) is 5.47. The van der Waals surface area contributed by atoms with Crippen LogP contribution < -0.4 is 9.62 Å². The predicted molar refractivity (Wildman–Crippen MR) is 100 cm³/mol. The molecule has 0 saturated heterocycles. The second-order valence-corrected chi connectivity index (χ2v) is 8.17. The number of halogens is 1. The van der Waals surface area contributed by atoms with Gasteiger partial charge in [-0.15, -0.1) is 11.8 Å². The number of benzene rings is 2. The number of carbonyl (C=O) groups is 1. The third kappa shape index (κ3) is 4.96. The highest BCUT2D eigenvalue weighted by molar-refractivity contribution is 7.98. The van der Waals surface area contributed by atoms with Gasteiger partial charge in [0.25, 0.3) is 0 Å². The fourth-order valence-electron chi connectivity index (χ4n) is 2.34. The molecule has 0 radical (unpaired) electrons. The first-order valence-electron chi connectivity index (χ1n) is 7.42. The second kappa shape index (κ2) is 7.88. The minimum absolute atomic E-state index is 0.226. The van der Waals surface area contributed by atoms with Gasteiger partial charge in [-0.1, -0.05) is 6.07 Å². The van der Waals surface area contributed by atoms with E-state index in [4.69, 9.17) is 0 Å². The summed E-state index contributed by atoms with van der Waals surface area (Å²) in [5.41, 5.74) is 0.806. The molecule has 0 spiro atoms. The summed E-state index contributed by atoms with van der Waals surface area (Å²) in [7, 11) is -3.73. The molecule has 1 N–H and O–H groups in total. The lowest BCUT2D eigenvalue weighted by molar-refractivity contribution is -0.116. The number of nitrogens with one attached hydrogen (secondary N) is 1. The Hall–Kier alpha value is -2.06. The molecule has 25 heavy (non-hydrogen) atoms. The Morgan fingerprint density at radius 2 is 1.84 bits per heavy atom. The second-order valence-electron chi connectivity index (χ2n) is 5.43. The molecule has 0 fully saturated rings. The largest absolute Gasteiger partial charge is 0.324 e. The Balaban J connectivity index is 2.28. The van der Waals surface area contributed by atoms with E-state index in [1.165, 1.54) is 30.8 Å². The van der Waals surface area contributed by atoms with Crippen LogP contribution in [0.5, 0.6) is 0 Å². The van der Waals surface area contributed by atoms with Crippen LogP contribution in [-0.4, -0.2) is 32.9 Å². The van der Waals surface area contributed by atoms with E-state index in [2.05, 4.69) is 5.32 Å². The zero-order valence-corrected chi connectivity index (χ0v) is 15.7. The number of carbonyl (C=O) groups excluding carboxylic acids is 1. The molecule has 2 aromatic rings. The fraction of sp³-hybridized carbons (Fsp3) is 0.235. The van der Waals surface area contributed by atoms with Crippen molar-refractivity contribution in [2.45, 2.75) is 17.9 Å². The molecule has 0 bridgehead atoms. The molecule has 0 heterocycles. The summed E-state index contributed by atoms with van der Waals surface area (Å²) in [5, 5.41) is 2.72. The lowest BCUT2D eigenvalue weighted by Crippen LogP contribution is -2.45. The molecule has 0 unspecified atom stereocenters. The topological polar surface area (TPSA) is 66.5 Å². The summed E-state index contributed by atoms with van der Waals surface area (Å²) in [6.45, 7) is 1.48. The van der Waals surface area contributed by atoms with Crippen molar-refractivity contribution in [1.29, 1.82) is 0 Å². The average molecular weight is 382 g/mol. The Bertz CT molecular complexity index is 854. The van der Waals surface area contributed by atoms with E-state index < -0.39 is 27.8 Å². The van der Waals surface area contributed by atoms with Gasteiger partial charge >= 0.3 is 0 Å². The molecule has 0 aromatic heterocycles. The molecular weight excluding hydrogens is 363 g/mol. The van der Waals surface area contributed by atoms with Crippen molar-refractivity contribution in [3.63, 3.8) is 0 Å². The average Bonchev–Trinajstić information content (AvgIpc) is 2.55. The lowest BCUT2D eigenvalue weighted by Gasteiger charge is -2.28. The molecular formula is C17H19FN2O3S2. The summed E-state index contributed by atoms with van der Waals surface area (Å²) in [6, 6.07) is 11.2. The highest BCUT2D eigenvalue weighted by atomic mass is 32.2. The molecule has 0 aliphatic rings. The summed E-state index contributed by atoms with van der Waals surface area (Å²) in [5.74, 6) is -0.962. The number of amides is 1. The molecule has 5 nitrogen and oxygen atoms in total. The van der Waals surface area contributed by atoms with Crippen LogP contribution in [0, 0.1) is 5.82 Å². The van der Waals surface area contributed by atoms with Gasteiger partial charge < -0.3 is 5.32 Å². The monoisotopic (exact) mass is 382 g/mol. The number of hydrogen-bond acceptors (Lipinski definition) is 4. The van der Waals surface area contributed by atoms with Gasteiger partial charge in [0.2, 0.25) is 15.9 Å². The molecule has 0 aliphatic heterocycles. The van der Waals surface area contributed by atoms with Gasteiger partial charge in [-0.3, -0.25) is 9.10 Å². The first kappa shape index (κ1) is 19.3. The minimum atomic E-state index is -3.73. The first-order valence-corrected chi connectivity index (χ1v) is 10.5. The third-order valence-electron chi connectivity index (χ3n) is 3.51. The van der Waals surface area contributed by atoms with Crippen molar-refractivity contribution >= 4 is 39.1 Å². The minimum Gasteiger partial charge on any atom is -0.324 e. The molecule has 2 aromatic carbocycles. The summed E-state index contributed by atoms with van der Waals surface area (Å²) in [4.78, 5) is 13.5. The van der Waals surface area contributed by atoms with Crippen molar-refractivity contribution in [1.82, 2.24) is 0 Å². The molecule has 1 atom stereocenters.